The van der Waals surface area contributed by atoms with E-state index in [1.54, 1.807) is 23.5 Å². The first kappa shape index (κ1) is 14.9. The Balaban J connectivity index is 2.17. The Bertz CT molecular complexity index is 628. The van der Waals surface area contributed by atoms with Crippen molar-refractivity contribution in [1.29, 1.82) is 0 Å². The van der Waals surface area contributed by atoms with Crippen molar-refractivity contribution in [1.82, 2.24) is 0 Å². The SMILES string of the molecule is NC(=S)c1ccc(NCc2ccc(Br)s2)c(F)c1Br. The summed E-state index contributed by atoms with van der Waals surface area (Å²) in [6, 6.07) is 7.28. The summed E-state index contributed by atoms with van der Waals surface area (Å²) < 4.78 is 15.4. The molecule has 0 atom stereocenters. The second-order valence-corrected chi connectivity index (χ2v) is 7.49. The molecule has 0 bridgehead atoms. The first-order chi connectivity index (χ1) is 8.99. The first-order valence-electron chi connectivity index (χ1n) is 5.25. The van der Waals surface area contributed by atoms with Crippen molar-refractivity contribution in [2.24, 2.45) is 5.73 Å². The zero-order valence-electron chi connectivity index (χ0n) is 9.54. The van der Waals surface area contributed by atoms with Gasteiger partial charge in [0.25, 0.3) is 0 Å². The summed E-state index contributed by atoms with van der Waals surface area (Å²) in [7, 11) is 0. The quantitative estimate of drug-likeness (QED) is 0.702. The van der Waals surface area contributed by atoms with Crippen molar-refractivity contribution in [3.8, 4) is 0 Å². The number of hydrogen-bond donors (Lipinski definition) is 2. The van der Waals surface area contributed by atoms with Crippen molar-refractivity contribution in [3.05, 3.63) is 48.8 Å². The molecule has 0 aliphatic rings. The number of hydrogen-bond acceptors (Lipinski definition) is 3. The minimum atomic E-state index is -0.388. The van der Waals surface area contributed by atoms with E-state index in [-0.39, 0.29) is 15.3 Å². The highest BCUT2D eigenvalue weighted by Gasteiger charge is 2.12. The van der Waals surface area contributed by atoms with Crippen LogP contribution in [0, 0.1) is 5.82 Å². The van der Waals surface area contributed by atoms with Gasteiger partial charge in [0.15, 0.2) is 5.82 Å². The van der Waals surface area contributed by atoms with Crippen LogP contribution in [0.15, 0.2) is 32.5 Å². The predicted molar refractivity (Wildman–Crippen MR) is 89.3 cm³/mol. The smallest absolute Gasteiger partial charge is 0.161 e. The lowest BCUT2D eigenvalue weighted by Gasteiger charge is -2.10. The summed E-state index contributed by atoms with van der Waals surface area (Å²) in [6.07, 6.45) is 0. The van der Waals surface area contributed by atoms with E-state index < -0.39 is 0 Å². The monoisotopic (exact) mass is 422 g/mol. The zero-order valence-corrected chi connectivity index (χ0v) is 14.3. The Morgan fingerprint density at radius 3 is 2.63 bits per heavy atom. The first-order valence-corrected chi connectivity index (χ1v) is 8.06. The molecule has 0 radical (unpaired) electrons. The molecule has 3 N–H and O–H groups in total. The van der Waals surface area contributed by atoms with Gasteiger partial charge in [-0.25, -0.2) is 4.39 Å². The third kappa shape index (κ3) is 3.53. The second kappa shape index (κ2) is 6.30. The average molecular weight is 424 g/mol. The number of thiophene rings is 1. The third-order valence-corrected chi connectivity index (χ3v) is 5.05. The molecule has 0 amide bonds. The van der Waals surface area contributed by atoms with Gasteiger partial charge in [-0.15, -0.1) is 11.3 Å². The Kier molecular flexibility index (Phi) is 4.94. The van der Waals surface area contributed by atoms with Crippen molar-refractivity contribution in [2.75, 3.05) is 5.32 Å². The fraction of sp³-hybridized carbons (Fsp3) is 0.0833. The summed E-state index contributed by atoms with van der Waals surface area (Å²) in [5, 5.41) is 3.05. The maximum Gasteiger partial charge on any atom is 0.161 e. The molecule has 2 nitrogen and oxygen atoms in total. The maximum atomic E-state index is 14.1. The number of nitrogens with one attached hydrogen (secondary N) is 1. The molecule has 1 aromatic carbocycles. The van der Waals surface area contributed by atoms with Crippen LogP contribution in [0.3, 0.4) is 0 Å². The minimum absolute atomic E-state index is 0.166. The van der Waals surface area contributed by atoms with Crippen LogP contribution in [0.2, 0.25) is 0 Å². The Labute approximate surface area is 136 Å². The molecule has 0 fully saturated rings. The largest absolute Gasteiger partial charge is 0.389 e. The molecule has 0 saturated heterocycles. The molecule has 0 unspecified atom stereocenters. The lowest BCUT2D eigenvalue weighted by molar-refractivity contribution is 0.623. The van der Waals surface area contributed by atoms with Crippen LogP contribution in [-0.4, -0.2) is 4.99 Å². The summed E-state index contributed by atoms with van der Waals surface area (Å²) in [6.45, 7) is 0.562. The minimum Gasteiger partial charge on any atom is -0.389 e. The highest BCUT2D eigenvalue weighted by molar-refractivity contribution is 9.11. The van der Waals surface area contributed by atoms with Crippen LogP contribution in [0.1, 0.15) is 10.4 Å². The molecule has 2 aromatic rings. The molecule has 0 aliphatic heterocycles. The summed E-state index contributed by atoms with van der Waals surface area (Å²) in [4.78, 5) is 1.28. The number of anilines is 1. The van der Waals surface area contributed by atoms with Crippen molar-refractivity contribution < 1.29 is 4.39 Å². The Hall–Kier alpha value is -0.500. The fourth-order valence-corrected chi connectivity index (χ4v) is 3.79. The fourth-order valence-electron chi connectivity index (χ4n) is 1.51. The maximum absolute atomic E-state index is 14.1. The molecular weight excluding hydrogens is 415 g/mol. The molecular formula is C12H9Br2FN2S2. The highest BCUT2D eigenvalue weighted by Crippen LogP contribution is 2.28. The van der Waals surface area contributed by atoms with E-state index in [1.807, 2.05) is 12.1 Å². The van der Waals surface area contributed by atoms with Crippen molar-refractivity contribution in [2.45, 2.75) is 6.54 Å². The Morgan fingerprint density at radius 2 is 2.05 bits per heavy atom. The number of rotatable bonds is 4. The molecule has 0 spiro atoms. The van der Waals surface area contributed by atoms with E-state index in [0.717, 1.165) is 8.66 Å². The van der Waals surface area contributed by atoms with E-state index in [4.69, 9.17) is 18.0 Å². The normalized spacial score (nSPS) is 10.5. The van der Waals surface area contributed by atoms with Gasteiger partial charge in [-0.3, -0.25) is 0 Å². The lowest BCUT2D eigenvalue weighted by atomic mass is 10.2. The highest BCUT2D eigenvalue weighted by atomic mass is 79.9. The Morgan fingerprint density at radius 1 is 1.32 bits per heavy atom. The molecule has 2 rings (SSSR count). The van der Waals surface area contributed by atoms with Crippen LogP contribution in [0.5, 0.6) is 0 Å². The standard InChI is InChI=1S/C12H9Br2FN2S2/c13-9-4-1-6(19-9)5-17-8-3-2-7(12(16)18)10(14)11(8)15/h1-4,17H,5H2,(H2,16,18). The van der Waals surface area contributed by atoms with Gasteiger partial charge in [0.1, 0.15) is 4.99 Å². The summed E-state index contributed by atoms with van der Waals surface area (Å²) in [5.74, 6) is -0.388. The number of benzene rings is 1. The predicted octanol–water partition coefficient (Wildman–Crippen LogP) is 4.66. The van der Waals surface area contributed by atoms with Crippen molar-refractivity contribution in [3.63, 3.8) is 0 Å². The van der Waals surface area contributed by atoms with Gasteiger partial charge in [-0.05, 0) is 56.1 Å². The van der Waals surface area contributed by atoms with Crippen LogP contribution in [0.25, 0.3) is 0 Å². The third-order valence-electron chi connectivity index (χ3n) is 2.43. The average Bonchev–Trinajstić information content (AvgIpc) is 2.76. The lowest BCUT2D eigenvalue weighted by Crippen LogP contribution is -2.11. The van der Waals surface area contributed by atoms with Gasteiger partial charge in [0, 0.05) is 17.0 Å². The molecule has 19 heavy (non-hydrogen) atoms. The molecule has 1 heterocycles. The molecule has 1 aromatic heterocycles. The van der Waals surface area contributed by atoms with Crippen LogP contribution >= 0.6 is 55.4 Å². The van der Waals surface area contributed by atoms with Gasteiger partial charge >= 0.3 is 0 Å². The van der Waals surface area contributed by atoms with E-state index in [9.17, 15) is 4.39 Å². The summed E-state index contributed by atoms with van der Waals surface area (Å²) in [5.41, 5.74) is 6.42. The van der Waals surface area contributed by atoms with E-state index in [0.29, 0.717) is 17.8 Å². The zero-order chi connectivity index (χ0) is 14.0. The van der Waals surface area contributed by atoms with Crippen LogP contribution < -0.4 is 11.1 Å². The number of nitrogens with two attached hydrogens (primary N) is 1. The van der Waals surface area contributed by atoms with Crippen LogP contribution in [-0.2, 0) is 6.54 Å². The molecule has 7 heteroatoms. The molecule has 0 saturated carbocycles. The number of halogens is 3. The van der Waals surface area contributed by atoms with Gasteiger partial charge in [-0.1, -0.05) is 12.2 Å². The van der Waals surface area contributed by atoms with Crippen molar-refractivity contribution >= 4 is 66.1 Å². The van der Waals surface area contributed by atoms with Gasteiger partial charge in [-0.2, -0.15) is 0 Å². The van der Waals surface area contributed by atoms with Gasteiger partial charge in [0.05, 0.1) is 13.9 Å². The topological polar surface area (TPSA) is 38.0 Å². The summed E-state index contributed by atoms with van der Waals surface area (Å²) >= 11 is 13.0. The van der Waals surface area contributed by atoms with E-state index >= 15 is 0 Å². The van der Waals surface area contributed by atoms with Gasteiger partial charge < -0.3 is 11.1 Å². The molecule has 0 aliphatic carbocycles. The van der Waals surface area contributed by atoms with E-state index in [2.05, 4.69) is 37.2 Å². The second-order valence-electron chi connectivity index (χ2n) is 3.71. The van der Waals surface area contributed by atoms with Gasteiger partial charge in [0.2, 0.25) is 0 Å². The number of thiocarbonyl (C=S) groups is 1. The molecule has 100 valence electrons. The van der Waals surface area contributed by atoms with E-state index in [1.165, 1.54) is 0 Å². The van der Waals surface area contributed by atoms with Crippen LogP contribution in [0.4, 0.5) is 10.1 Å².